The van der Waals surface area contributed by atoms with Gasteiger partial charge < -0.3 is 5.73 Å². The van der Waals surface area contributed by atoms with Crippen LogP contribution in [0.4, 0.5) is 4.39 Å². The highest BCUT2D eigenvalue weighted by Gasteiger charge is 2.06. The SMILES string of the molecule is NCc1ccc(CSc2ncccc2Br)c(F)c1. The molecular weight excluding hydrogens is 315 g/mol. The Labute approximate surface area is 118 Å². The van der Waals surface area contributed by atoms with Crippen molar-refractivity contribution in [1.82, 2.24) is 4.98 Å². The molecule has 0 bridgehead atoms. The standard InChI is InChI=1S/C13H12BrFN2S/c14-11-2-1-5-17-13(11)18-8-10-4-3-9(7-16)6-12(10)15/h1-6H,7-8,16H2. The van der Waals surface area contributed by atoms with Crippen molar-refractivity contribution in [3.05, 3.63) is 57.9 Å². The van der Waals surface area contributed by atoms with Crippen LogP contribution in [0.3, 0.4) is 0 Å². The molecule has 0 spiro atoms. The highest BCUT2D eigenvalue weighted by Crippen LogP contribution is 2.28. The van der Waals surface area contributed by atoms with Gasteiger partial charge in [-0.15, -0.1) is 11.8 Å². The largest absolute Gasteiger partial charge is 0.326 e. The number of benzene rings is 1. The molecule has 0 aliphatic carbocycles. The van der Waals surface area contributed by atoms with Gasteiger partial charge in [0.25, 0.3) is 0 Å². The molecule has 1 heterocycles. The number of thioether (sulfide) groups is 1. The van der Waals surface area contributed by atoms with E-state index in [0.717, 1.165) is 15.1 Å². The quantitative estimate of drug-likeness (QED) is 0.870. The summed E-state index contributed by atoms with van der Waals surface area (Å²) in [5.41, 5.74) is 6.93. The summed E-state index contributed by atoms with van der Waals surface area (Å²) in [6.45, 7) is 0.357. The predicted octanol–water partition coefficient (Wildman–Crippen LogP) is 3.73. The summed E-state index contributed by atoms with van der Waals surface area (Å²) in [4.78, 5) is 4.23. The van der Waals surface area contributed by atoms with Crippen LogP contribution in [0, 0.1) is 5.82 Å². The summed E-state index contributed by atoms with van der Waals surface area (Å²) in [6, 6.07) is 8.89. The highest BCUT2D eigenvalue weighted by molar-refractivity contribution is 9.10. The van der Waals surface area contributed by atoms with E-state index in [1.165, 1.54) is 17.8 Å². The Morgan fingerprint density at radius 3 is 2.83 bits per heavy atom. The van der Waals surface area contributed by atoms with E-state index in [-0.39, 0.29) is 5.82 Å². The average Bonchev–Trinajstić information content (AvgIpc) is 2.39. The van der Waals surface area contributed by atoms with Gasteiger partial charge in [-0.2, -0.15) is 0 Å². The number of pyridine rings is 1. The van der Waals surface area contributed by atoms with Crippen LogP contribution in [-0.4, -0.2) is 4.98 Å². The van der Waals surface area contributed by atoms with Crippen molar-refractivity contribution in [2.24, 2.45) is 5.73 Å². The fourth-order valence-electron chi connectivity index (χ4n) is 1.46. The molecule has 2 N–H and O–H groups in total. The number of hydrogen-bond acceptors (Lipinski definition) is 3. The maximum atomic E-state index is 13.7. The van der Waals surface area contributed by atoms with Gasteiger partial charge in [-0.1, -0.05) is 12.1 Å². The normalized spacial score (nSPS) is 10.6. The number of halogens is 2. The molecule has 0 amide bonds. The van der Waals surface area contributed by atoms with Crippen LogP contribution in [0.2, 0.25) is 0 Å². The van der Waals surface area contributed by atoms with Crippen molar-refractivity contribution < 1.29 is 4.39 Å². The van der Waals surface area contributed by atoms with Gasteiger partial charge >= 0.3 is 0 Å². The lowest BCUT2D eigenvalue weighted by Crippen LogP contribution is -1.98. The molecule has 94 valence electrons. The summed E-state index contributed by atoms with van der Waals surface area (Å²) in [5, 5.41) is 0.861. The Morgan fingerprint density at radius 2 is 2.17 bits per heavy atom. The minimum Gasteiger partial charge on any atom is -0.326 e. The zero-order chi connectivity index (χ0) is 13.0. The maximum absolute atomic E-state index is 13.7. The Balaban J connectivity index is 2.09. The molecule has 1 aromatic carbocycles. The van der Waals surface area contributed by atoms with Crippen molar-refractivity contribution in [1.29, 1.82) is 0 Å². The fourth-order valence-corrected chi connectivity index (χ4v) is 2.92. The van der Waals surface area contributed by atoms with Crippen LogP contribution in [-0.2, 0) is 12.3 Å². The minimum absolute atomic E-state index is 0.211. The van der Waals surface area contributed by atoms with Gasteiger partial charge in [0.15, 0.2) is 0 Å². The van der Waals surface area contributed by atoms with Crippen LogP contribution < -0.4 is 5.73 Å². The molecule has 0 aliphatic heterocycles. The first-order chi connectivity index (χ1) is 8.70. The minimum atomic E-state index is -0.211. The van der Waals surface area contributed by atoms with E-state index in [1.807, 2.05) is 18.2 Å². The average molecular weight is 327 g/mol. The van der Waals surface area contributed by atoms with E-state index in [9.17, 15) is 4.39 Å². The third kappa shape index (κ3) is 3.31. The number of nitrogens with zero attached hydrogens (tertiary/aromatic N) is 1. The second-order valence-corrected chi connectivity index (χ2v) is 5.53. The van der Waals surface area contributed by atoms with E-state index < -0.39 is 0 Å². The molecular formula is C13H12BrFN2S. The molecule has 1 aromatic heterocycles. The number of nitrogens with two attached hydrogens (primary N) is 1. The topological polar surface area (TPSA) is 38.9 Å². The van der Waals surface area contributed by atoms with Gasteiger partial charge in [0.1, 0.15) is 10.8 Å². The summed E-state index contributed by atoms with van der Waals surface area (Å²) in [6.07, 6.45) is 1.72. The van der Waals surface area contributed by atoms with E-state index in [2.05, 4.69) is 20.9 Å². The van der Waals surface area contributed by atoms with E-state index in [0.29, 0.717) is 17.9 Å². The molecule has 18 heavy (non-hydrogen) atoms. The van der Waals surface area contributed by atoms with Crippen molar-refractivity contribution >= 4 is 27.7 Å². The van der Waals surface area contributed by atoms with Gasteiger partial charge in [0.2, 0.25) is 0 Å². The number of aromatic nitrogens is 1. The second-order valence-electron chi connectivity index (χ2n) is 3.71. The molecule has 2 nitrogen and oxygen atoms in total. The lowest BCUT2D eigenvalue weighted by Gasteiger charge is -2.06. The highest BCUT2D eigenvalue weighted by atomic mass is 79.9. The zero-order valence-corrected chi connectivity index (χ0v) is 12.0. The van der Waals surface area contributed by atoms with Gasteiger partial charge in [-0.25, -0.2) is 9.37 Å². The van der Waals surface area contributed by atoms with Crippen LogP contribution in [0.25, 0.3) is 0 Å². The molecule has 0 saturated heterocycles. The molecule has 0 radical (unpaired) electrons. The van der Waals surface area contributed by atoms with Crippen LogP contribution in [0.1, 0.15) is 11.1 Å². The predicted molar refractivity (Wildman–Crippen MR) is 75.8 cm³/mol. The van der Waals surface area contributed by atoms with Crippen molar-refractivity contribution in [3.8, 4) is 0 Å². The molecule has 0 atom stereocenters. The molecule has 0 fully saturated rings. The molecule has 5 heteroatoms. The Hall–Kier alpha value is -0.910. The van der Waals surface area contributed by atoms with Crippen molar-refractivity contribution in [2.45, 2.75) is 17.3 Å². The third-order valence-corrected chi connectivity index (χ3v) is 4.40. The Bertz CT molecular complexity index is 548. The molecule has 0 unspecified atom stereocenters. The smallest absolute Gasteiger partial charge is 0.127 e. The monoisotopic (exact) mass is 326 g/mol. The summed E-state index contributed by atoms with van der Waals surface area (Å²) in [5.74, 6) is 0.337. The first kappa shape index (κ1) is 13.5. The van der Waals surface area contributed by atoms with Gasteiger partial charge in [0, 0.05) is 23.0 Å². The van der Waals surface area contributed by atoms with Crippen LogP contribution in [0.5, 0.6) is 0 Å². The van der Waals surface area contributed by atoms with Gasteiger partial charge in [-0.3, -0.25) is 0 Å². The van der Waals surface area contributed by atoms with E-state index in [1.54, 1.807) is 12.3 Å². The molecule has 2 rings (SSSR count). The fraction of sp³-hybridized carbons (Fsp3) is 0.154. The first-order valence-corrected chi connectivity index (χ1v) is 7.19. The molecule has 0 aliphatic rings. The van der Waals surface area contributed by atoms with Crippen LogP contribution in [0.15, 0.2) is 46.0 Å². The second kappa shape index (κ2) is 6.31. The third-order valence-electron chi connectivity index (χ3n) is 2.44. The summed E-state index contributed by atoms with van der Waals surface area (Å²) < 4.78 is 14.7. The van der Waals surface area contributed by atoms with E-state index >= 15 is 0 Å². The maximum Gasteiger partial charge on any atom is 0.127 e. The van der Waals surface area contributed by atoms with Crippen LogP contribution >= 0.6 is 27.7 Å². The lowest BCUT2D eigenvalue weighted by atomic mass is 10.1. The number of rotatable bonds is 4. The summed E-state index contributed by atoms with van der Waals surface area (Å²) in [7, 11) is 0. The molecule has 0 saturated carbocycles. The zero-order valence-electron chi connectivity index (χ0n) is 9.57. The number of hydrogen-bond donors (Lipinski definition) is 1. The van der Waals surface area contributed by atoms with Crippen molar-refractivity contribution in [3.63, 3.8) is 0 Å². The molecule has 2 aromatic rings. The summed E-state index contributed by atoms with van der Waals surface area (Å²) >= 11 is 4.92. The Morgan fingerprint density at radius 1 is 1.33 bits per heavy atom. The van der Waals surface area contributed by atoms with E-state index in [4.69, 9.17) is 5.73 Å². The lowest BCUT2D eigenvalue weighted by molar-refractivity contribution is 0.615. The Kier molecular flexibility index (Phi) is 4.74. The van der Waals surface area contributed by atoms with Gasteiger partial charge in [-0.05, 0) is 45.3 Å². The van der Waals surface area contributed by atoms with Gasteiger partial charge in [0.05, 0.1) is 0 Å². The first-order valence-electron chi connectivity index (χ1n) is 5.41. The van der Waals surface area contributed by atoms with Crippen molar-refractivity contribution in [2.75, 3.05) is 0 Å².